The molecule has 1 aliphatic rings. The summed E-state index contributed by atoms with van der Waals surface area (Å²) >= 11 is 0. The van der Waals surface area contributed by atoms with Gasteiger partial charge >= 0.3 is 0 Å². The number of rotatable bonds is 0. The van der Waals surface area contributed by atoms with Crippen LogP contribution in [0.3, 0.4) is 0 Å². The Balaban J connectivity index is 2.25. The van der Waals surface area contributed by atoms with Gasteiger partial charge in [-0.05, 0) is 30.2 Å². The number of hydrogen-bond donors (Lipinski definition) is 0. The third kappa shape index (κ3) is 1.23. The summed E-state index contributed by atoms with van der Waals surface area (Å²) in [4.78, 5) is 0. The zero-order valence-electron chi connectivity index (χ0n) is 12.5. The Morgan fingerprint density at radius 3 is 2.55 bits per heavy atom. The Morgan fingerprint density at radius 2 is 1.75 bits per heavy atom. The predicted molar refractivity (Wildman–Crippen MR) is 85.2 cm³/mol. The van der Waals surface area contributed by atoms with Gasteiger partial charge in [-0.25, -0.2) is 0 Å². The molecule has 1 heterocycles. The third-order valence-electron chi connectivity index (χ3n) is 4.82. The van der Waals surface area contributed by atoms with Crippen LogP contribution in [-0.4, -0.2) is 4.57 Å². The average Bonchev–Trinajstić information content (AvgIpc) is 2.84. The topological polar surface area (TPSA) is 4.93 Å². The summed E-state index contributed by atoms with van der Waals surface area (Å²) in [6, 6.07) is 15.6. The maximum Gasteiger partial charge on any atom is 0.0486 e. The summed E-state index contributed by atoms with van der Waals surface area (Å²) in [7, 11) is 2.20. The smallest absolute Gasteiger partial charge is 0.0486 e. The minimum absolute atomic E-state index is 0.0770. The lowest BCUT2D eigenvalue weighted by molar-refractivity contribution is 0.607. The molecule has 1 nitrogen and oxygen atoms in total. The third-order valence-corrected chi connectivity index (χ3v) is 4.82. The van der Waals surface area contributed by atoms with Crippen LogP contribution in [0.4, 0.5) is 0 Å². The molecule has 2 aromatic carbocycles. The van der Waals surface area contributed by atoms with Gasteiger partial charge in [-0.2, -0.15) is 0 Å². The fourth-order valence-corrected chi connectivity index (χ4v) is 3.94. The molecule has 0 aliphatic heterocycles. The van der Waals surface area contributed by atoms with E-state index in [9.17, 15) is 0 Å². The van der Waals surface area contributed by atoms with Gasteiger partial charge in [-0.1, -0.05) is 49.7 Å². The second-order valence-corrected chi connectivity index (χ2v) is 6.47. The Labute approximate surface area is 119 Å². The second-order valence-electron chi connectivity index (χ2n) is 6.47. The molecule has 0 fully saturated rings. The number of aryl methyl sites for hydroxylation is 2. The monoisotopic (exact) mass is 261 g/mol. The molecule has 0 amide bonds. The van der Waals surface area contributed by atoms with Crippen molar-refractivity contribution in [3.05, 3.63) is 59.3 Å². The largest absolute Gasteiger partial charge is 0.346 e. The fraction of sp³-hybridized carbons (Fsp3) is 0.263. The lowest BCUT2D eigenvalue weighted by Gasteiger charge is -2.22. The van der Waals surface area contributed by atoms with Gasteiger partial charge in [0.25, 0.3) is 0 Å². The SMILES string of the molecule is Cc1ccc2c(c1)c1c(n2C)C(C)(C)c2ccccc2-1. The summed E-state index contributed by atoms with van der Waals surface area (Å²) in [5, 5.41) is 1.39. The van der Waals surface area contributed by atoms with Crippen molar-refractivity contribution in [2.75, 3.05) is 0 Å². The summed E-state index contributed by atoms with van der Waals surface area (Å²) in [6.07, 6.45) is 0. The highest BCUT2D eigenvalue weighted by Crippen LogP contribution is 2.52. The lowest BCUT2D eigenvalue weighted by Crippen LogP contribution is -2.19. The lowest BCUT2D eigenvalue weighted by atomic mass is 9.85. The van der Waals surface area contributed by atoms with Crippen LogP contribution in [0.25, 0.3) is 22.0 Å². The highest BCUT2D eigenvalue weighted by molar-refractivity contribution is 6.02. The molecule has 0 radical (unpaired) electrons. The van der Waals surface area contributed by atoms with Gasteiger partial charge in [0, 0.05) is 34.6 Å². The summed E-state index contributed by atoms with van der Waals surface area (Å²) in [5.74, 6) is 0. The highest BCUT2D eigenvalue weighted by Gasteiger charge is 2.39. The number of nitrogens with zero attached hydrogens (tertiary/aromatic N) is 1. The number of benzene rings is 2. The van der Waals surface area contributed by atoms with Crippen molar-refractivity contribution < 1.29 is 0 Å². The zero-order chi connectivity index (χ0) is 14.1. The number of aromatic nitrogens is 1. The minimum Gasteiger partial charge on any atom is -0.346 e. The molecule has 1 aliphatic carbocycles. The van der Waals surface area contributed by atoms with Crippen LogP contribution in [0.15, 0.2) is 42.5 Å². The highest BCUT2D eigenvalue weighted by atomic mass is 15.0. The molecule has 0 saturated heterocycles. The van der Waals surface area contributed by atoms with Crippen molar-refractivity contribution in [1.29, 1.82) is 0 Å². The van der Waals surface area contributed by atoms with E-state index in [0.717, 1.165) is 0 Å². The van der Waals surface area contributed by atoms with Gasteiger partial charge in [0.2, 0.25) is 0 Å². The Bertz CT molecular complexity index is 850. The van der Waals surface area contributed by atoms with Crippen LogP contribution in [-0.2, 0) is 12.5 Å². The summed E-state index contributed by atoms with van der Waals surface area (Å²) in [6.45, 7) is 6.84. The summed E-state index contributed by atoms with van der Waals surface area (Å²) < 4.78 is 2.38. The molecule has 3 aromatic rings. The zero-order valence-corrected chi connectivity index (χ0v) is 12.5. The van der Waals surface area contributed by atoms with Crippen LogP contribution >= 0.6 is 0 Å². The van der Waals surface area contributed by atoms with Crippen molar-refractivity contribution >= 4 is 10.9 Å². The molecule has 1 aromatic heterocycles. The molecule has 0 N–H and O–H groups in total. The van der Waals surface area contributed by atoms with Crippen molar-refractivity contribution in [1.82, 2.24) is 4.57 Å². The molecule has 0 atom stereocenters. The Kier molecular flexibility index (Phi) is 2.09. The van der Waals surface area contributed by atoms with E-state index in [1.807, 2.05) is 0 Å². The van der Waals surface area contributed by atoms with E-state index in [1.54, 1.807) is 0 Å². The second kappa shape index (κ2) is 3.54. The van der Waals surface area contributed by atoms with E-state index in [4.69, 9.17) is 0 Å². The van der Waals surface area contributed by atoms with Gasteiger partial charge in [0.1, 0.15) is 0 Å². The van der Waals surface area contributed by atoms with Crippen LogP contribution in [0.5, 0.6) is 0 Å². The van der Waals surface area contributed by atoms with E-state index in [2.05, 4.69) is 74.9 Å². The normalized spacial score (nSPS) is 15.4. The molecule has 4 rings (SSSR count). The number of fused-ring (bicyclic) bond motifs is 5. The van der Waals surface area contributed by atoms with Gasteiger partial charge in [-0.15, -0.1) is 0 Å². The molecule has 0 unspecified atom stereocenters. The van der Waals surface area contributed by atoms with Crippen LogP contribution < -0.4 is 0 Å². The van der Waals surface area contributed by atoms with Crippen molar-refractivity contribution in [2.45, 2.75) is 26.2 Å². The van der Waals surface area contributed by atoms with Gasteiger partial charge < -0.3 is 4.57 Å². The van der Waals surface area contributed by atoms with Crippen LogP contribution in [0.2, 0.25) is 0 Å². The van der Waals surface area contributed by atoms with E-state index < -0.39 is 0 Å². The first-order valence-electron chi connectivity index (χ1n) is 7.21. The van der Waals surface area contributed by atoms with Crippen molar-refractivity contribution in [3.63, 3.8) is 0 Å². The molecule has 1 heteroatoms. The first kappa shape index (κ1) is 11.8. The minimum atomic E-state index is 0.0770. The Morgan fingerprint density at radius 1 is 1.00 bits per heavy atom. The van der Waals surface area contributed by atoms with E-state index in [1.165, 1.54) is 38.9 Å². The first-order valence-corrected chi connectivity index (χ1v) is 7.21. The van der Waals surface area contributed by atoms with Crippen molar-refractivity contribution in [2.24, 2.45) is 7.05 Å². The van der Waals surface area contributed by atoms with E-state index in [0.29, 0.717) is 0 Å². The van der Waals surface area contributed by atoms with Gasteiger partial charge in [0.05, 0.1) is 0 Å². The van der Waals surface area contributed by atoms with Crippen molar-refractivity contribution in [3.8, 4) is 11.1 Å². The van der Waals surface area contributed by atoms with E-state index in [-0.39, 0.29) is 5.41 Å². The maximum absolute atomic E-state index is 2.38. The van der Waals surface area contributed by atoms with Gasteiger partial charge in [-0.3, -0.25) is 0 Å². The quantitative estimate of drug-likeness (QED) is 0.548. The number of hydrogen-bond acceptors (Lipinski definition) is 0. The fourth-order valence-electron chi connectivity index (χ4n) is 3.94. The standard InChI is InChI=1S/C19H19N/c1-12-9-10-16-14(11-12)17-13-7-5-6-8-15(13)19(2,3)18(17)20(16)4/h5-11H,1-4H3. The maximum atomic E-state index is 2.38. The van der Waals surface area contributed by atoms with E-state index >= 15 is 0 Å². The average molecular weight is 261 g/mol. The Hall–Kier alpha value is -2.02. The first-order chi connectivity index (χ1) is 9.51. The van der Waals surface area contributed by atoms with Crippen LogP contribution in [0.1, 0.15) is 30.7 Å². The molecular weight excluding hydrogens is 242 g/mol. The predicted octanol–water partition coefficient (Wildman–Crippen LogP) is 4.79. The molecule has 0 spiro atoms. The molecule has 100 valence electrons. The molecular formula is C19H19N. The summed E-state index contributed by atoms with van der Waals surface area (Å²) in [5.41, 5.74) is 8.48. The molecule has 0 bridgehead atoms. The van der Waals surface area contributed by atoms with Crippen LogP contribution in [0, 0.1) is 6.92 Å². The van der Waals surface area contributed by atoms with Gasteiger partial charge in [0.15, 0.2) is 0 Å². The molecule has 0 saturated carbocycles. The molecule has 20 heavy (non-hydrogen) atoms.